The number of hydrogen-bond donors (Lipinski definition) is 2. The number of fused-ring (bicyclic) bond motifs is 2. The van der Waals surface area contributed by atoms with E-state index in [1.54, 1.807) is 18.2 Å². The molecule has 0 aliphatic carbocycles. The van der Waals surface area contributed by atoms with Gasteiger partial charge in [0.2, 0.25) is 0 Å². The Labute approximate surface area is 154 Å². The van der Waals surface area contributed by atoms with Gasteiger partial charge in [-0.3, -0.25) is 4.79 Å². The fourth-order valence-electron chi connectivity index (χ4n) is 2.95. The minimum atomic E-state index is -0.701. The van der Waals surface area contributed by atoms with Crippen molar-refractivity contribution in [2.75, 3.05) is 13.7 Å². The Balaban J connectivity index is 1.49. The molecule has 0 aliphatic heterocycles. The van der Waals surface area contributed by atoms with Crippen molar-refractivity contribution in [1.29, 1.82) is 0 Å². The van der Waals surface area contributed by atoms with Gasteiger partial charge in [0.15, 0.2) is 11.3 Å². The van der Waals surface area contributed by atoms with E-state index in [9.17, 15) is 9.59 Å². The van der Waals surface area contributed by atoms with Crippen molar-refractivity contribution in [3.05, 3.63) is 70.3 Å². The van der Waals surface area contributed by atoms with Crippen LogP contribution in [0.5, 0.6) is 5.75 Å². The molecule has 2 N–H and O–H groups in total. The van der Waals surface area contributed by atoms with Crippen LogP contribution in [0.15, 0.2) is 57.7 Å². The number of hydrogen-bond acceptors (Lipinski definition) is 5. The molecule has 1 amide bonds. The van der Waals surface area contributed by atoms with Gasteiger partial charge in [0.25, 0.3) is 5.91 Å². The number of benzene rings is 2. The van der Waals surface area contributed by atoms with E-state index in [2.05, 4.69) is 15.3 Å². The number of carbonyl (C=O) groups is 1. The molecule has 7 nitrogen and oxygen atoms in total. The van der Waals surface area contributed by atoms with Gasteiger partial charge in [-0.05, 0) is 24.3 Å². The molecule has 0 saturated heterocycles. The van der Waals surface area contributed by atoms with Crippen molar-refractivity contribution < 1.29 is 13.9 Å². The molecule has 0 fully saturated rings. The number of H-pyrrole nitrogens is 1. The van der Waals surface area contributed by atoms with E-state index in [-0.39, 0.29) is 5.56 Å². The molecule has 0 unspecified atom stereocenters. The zero-order valence-electron chi connectivity index (χ0n) is 14.6. The standard InChI is InChI=1S/C20H17N3O4/c1-26-16-8-4-5-12-11-13(20(25)27-18(12)16)19(24)21-10-9-17-22-14-6-2-3-7-15(14)23-17/h2-8,11H,9-10H2,1H3,(H,21,24)(H,22,23). The van der Waals surface area contributed by atoms with Gasteiger partial charge in [-0.15, -0.1) is 0 Å². The first kappa shape index (κ1) is 16.8. The molecule has 0 radical (unpaired) electrons. The number of methoxy groups -OCH3 is 1. The average molecular weight is 363 g/mol. The average Bonchev–Trinajstić information content (AvgIpc) is 3.09. The molecule has 2 aromatic heterocycles. The Kier molecular flexibility index (Phi) is 4.33. The predicted molar refractivity (Wildman–Crippen MR) is 101 cm³/mol. The number of nitrogens with zero attached hydrogens (tertiary/aromatic N) is 1. The van der Waals surface area contributed by atoms with Gasteiger partial charge in [-0.25, -0.2) is 9.78 Å². The number of aromatic amines is 1. The number of para-hydroxylation sites is 3. The first-order valence-electron chi connectivity index (χ1n) is 8.48. The third kappa shape index (κ3) is 3.27. The number of amides is 1. The summed E-state index contributed by atoms with van der Waals surface area (Å²) in [6, 6.07) is 14.4. The van der Waals surface area contributed by atoms with Crippen LogP contribution in [0.2, 0.25) is 0 Å². The SMILES string of the molecule is COc1cccc2cc(C(=O)NCCc3nc4ccccc4[nH]3)c(=O)oc12. The van der Waals surface area contributed by atoms with Crippen LogP contribution in [-0.4, -0.2) is 29.5 Å². The molecule has 4 rings (SSSR count). The number of imidazole rings is 1. The van der Waals surface area contributed by atoms with Crippen LogP contribution in [-0.2, 0) is 6.42 Å². The summed E-state index contributed by atoms with van der Waals surface area (Å²) in [5.41, 5.74) is 1.41. The van der Waals surface area contributed by atoms with E-state index in [0.29, 0.717) is 29.7 Å². The van der Waals surface area contributed by atoms with Gasteiger partial charge in [-0.2, -0.15) is 0 Å². The molecule has 0 atom stereocenters. The Hall–Kier alpha value is -3.61. The Morgan fingerprint density at radius 2 is 2.07 bits per heavy atom. The summed E-state index contributed by atoms with van der Waals surface area (Å²) < 4.78 is 10.5. The summed E-state index contributed by atoms with van der Waals surface area (Å²) in [4.78, 5) is 32.2. The lowest BCUT2D eigenvalue weighted by Gasteiger charge is -2.06. The van der Waals surface area contributed by atoms with Crippen molar-refractivity contribution in [3.8, 4) is 5.75 Å². The van der Waals surface area contributed by atoms with Gasteiger partial charge in [-0.1, -0.05) is 24.3 Å². The quantitative estimate of drug-likeness (QED) is 0.531. The van der Waals surface area contributed by atoms with Crippen LogP contribution in [0, 0.1) is 0 Å². The lowest BCUT2D eigenvalue weighted by atomic mass is 10.1. The van der Waals surface area contributed by atoms with E-state index < -0.39 is 11.5 Å². The Morgan fingerprint density at radius 1 is 1.22 bits per heavy atom. The summed E-state index contributed by atoms with van der Waals surface area (Å²) in [6.07, 6.45) is 0.521. The maximum Gasteiger partial charge on any atom is 0.349 e. The zero-order valence-corrected chi connectivity index (χ0v) is 14.6. The molecule has 0 saturated carbocycles. The van der Waals surface area contributed by atoms with Crippen LogP contribution >= 0.6 is 0 Å². The van der Waals surface area contributed by atoms with Crippen molar-refractivity contribution in [3.63, 3.8) is 0 Å². The minimum absolute atomic E-state index is 0.0413. The van der Waals surface area contributed by atoms with Gasteiger partial charge < -0.3 is 19.5 Å². The van der Waals surface area contributed by atoms with Gasteiger partial charge in [0, 0.05) is 18.4 Å². The van der Waals surface area contributed by atoms with Crippen molar-refractivity contribution in [2.24, 2.45) is 0 Å². The lowest BCUT2D eigenvalue weighted by Crippen LogP contribution is -2.30. The largest absolute Gasteiger partial charge is 0.493 e. The second kappa shape index (κ2) is 6.95. The van der Waals surface area contributed by atoms with Crippen LogP contribution < -0.4 is 15.7 Å². The fourth-order valence-corrected chi connectivity index (χ4v) is 2.95. The summed E-state index contributed by atoms with van der Waals surface area (Å²) in [5.74, 6) is 0.734. The number of nitrogens with one attached hydrogen (secondary N) is 2. The molecule has 2 heterocycles. The molecule has 0 aliphatic rings. The maximum atomic E-state index is 12.4. The topological polar surface area (TPSA) is 97.2 Å². The smallest absolute Gasteiger partial charge is 0.349 e. The van der Waals surface area contributed by atoms with E-state index in [0.717, 1.165) is 16.9 Å². The normalized spacial score (nSPS) is 11.0. The number of rotatable bonds is 5. The highest BCUT2D eigenvalue weighted by Gasteiger charge is 2.15. The third-order valence-electron chi connectivity index (χ3n) is 4.27. The highest BCUT2D eigenvalue weighted by atomic mass is 16.5. The van der Waals surface area contributed by atoms with Crippen LogP contribution in [0.3, 0.4) is 0 Å². The van der Waals surface area contributed by atoms with Crippen LogP contribution in [0.1, 0.15) is 16.2 Å². The molecule has 2 aromatic carbocycles. The highest BCUT2D eigenvalue weighted by molar-refractivity contribution is 5.97. The molecule has 136 valence electrons. The monoisotopic (exact) mass is 363 g/mol. The van der Waals surface area contributed by atoms with Crippen molar-refractivity contribution in [2.45, 2.75) is 6.42 Å². The number of carbonyl (C=O) groups excluding carboxylic acids is 1. The molecule has 0 bridgehead atoms. The third-order valence-corrected chi connectivity index (χ3v) is 4.27. The molecule has 7 heteroatoms. The predicted octanol–water partition coefficient (Wildman–Crippen LogP) is 2.65. The first-order chi connectivity index (χ1) is 13.2. The fraction of sp³-hybridized carbons (Fsp3) is 0.150. The zero-order chi connectivity index (χ0) is 18.8. The van der Waals surface area contributed by atoms with Crippen molar-refractivity contribution >= 4 is 27.9 Å². The van der Waals surface area contributed by atoms with E-state index >= 15 is 0 Å². The summed E-state index contributed by atoms with van der Waals surface area (Å²) in [6.45, 7) is 0.342. The summed E-state index contributed by atoms with van der Waals surface area (Å²) in [7, 11) is 1.49. The van der Waals surface area contributed by atoms with E-state index in [1.165, 1.54) is 13.2 Å². The maximum absolute atomic E-state index is 12.4. The Morgan fingerprint density at radius 3 is 2.89 bits per heavy atom. The number of aromatic nitrogens is 2. The summed E-state index contributed by atoms with van der Waals surface area (Å²) in [5, 5.41) is 3.36. The van der Waals surface area contributed by atoms with Gasteiger partial charge in [0.05, 0.1) is 18.1 Å². The van der Waals surface area contributed by atoms with Crippen LogP contribution in [0.4, 0.5) is 0 Å². The number of ether oxygens (including phenoxy) is 1. The second-order valence-corrected chi connectivity index (χ2v) is 6.03. The molecular formula is C20H17N3O4. The van der Waals surface area contributed by atoms with E-state index in [4.69, 9.17) is 9.15 Å². The molecule has 0 spiro atoms. The van der Waals surface area contributed by atoms with Gasteiger partial charge in [0.1, 0.15) is 11.4 Å². The first-order valence-corrected chi connectivity index (χ1v) is 8.48. The molecule has 27 heavy (non-hydrogen) atoms. The lowest BCUT2D eigenvalue weighted by molar-refractivity contribution is 0.0950. The van der Waals surface area contributed by atoms with Crippen LogP contribution in [0.25, 0.3) is 22.0 Å². The van der Waals surface area contributed by atoms with Gasteiger partial charge >= 0.3 is 5.63 Å². The minimum Gasteiger partial charge on any atom is -0.493 e. The highest BCUT2D eigenvalue weighted by Crippen LogP contribution is 2.24. The van der Waals surface area contributed by atoms with E-state index in [1.807, 2.05) is 24.3 Å². The summed E-state index contributed by atoms with van der Waals surface area (Å²) >= 11 is 0. The second-order valence-electron chi connectivity index (χ2n) is 6.03. The van der Waals surface area contributed by atoms with Crippen molar-refractivity contribution in [1.82, 2.24) is 15.3 Å². The Bertz CT molecular complexity index is 1160. The molecule has 4 aromatic rings. The molecular weight excluding hydrogens is 346 g/mol.